The van der Waals surface area contributed by atoms with Crippen molar-refractivity contribution in [2.45, 2.75) is 12.5 Å². The highest BCUT2D eigenvalue weighted by Gasteiger charge is 2.26. The predicted molar refractivity (Wildman–Crippen MR) is 95.4 cm³/mol. The number of benzene rings is 2. The van der Waals surface area contributed by atoms with E-state index in [1.165, 1.54) is 0 Å². The number of rotatable bonds is 6. The minimum absolute atomic E-state index is 0.00807. The highest BCUT2D eigenvalue weighted by Crippen LogP contribution is 2.18. The number of carbonyl (C=O) groups excluding carboxylic acids is 2. The molecule has 25 heavy (non-hydrogen) atoms. The van der Waals surface area contributed by atoms with E-state index >= 15 is 0 Å². The van der Waals surface area contributed by atoms with Gasteiger partial charge in [-0.25, -0.2) is 0 Å². The first kappa shape index (κ1) is 17.2. The molecular formula is C20H22N2O3. The normalized spacial score (nSPS) is 19.4. The highest BCUT2D eigenvalue weighted by molar-refractivity contribution is 5.94. The Labute approximate surface area is 147 Å². The summed E-state index contributed by atoms with van der Waals surface area (Å²) < 4.78 is 5.72. The first-order chi connectivity index (χ1) is 12.2. The van der Waals surface area contributed by atoms with Crippen molar-refractivity contribution in [3.05, 3.63) is 71.8 Å². The Morgan fingerprint density at radius 3 is 1.92 bits per heavy atom. The molecule has 0 aliphatic carbocycles. The Bertz CT molecular complexity index is 642. The Morgan fingerprint density at radius 2 is 1.36 bits per heavy atom. The van der Waals surface area contributed by atoms with Crippen molar-refractivity contribution >= 4 is 11.8 Å². The van der Waals surface area contributed by atoms with Gasteiger partial charge in [-0.3, -0.25) is 9.59 Å². The van der Waals surface area contributed by atoms with Crippen LogP contribution in [-0.2, 0) is 4.74 Å². The molecule has 2 aromatic carbocycles. The standard InChI is InChI=1S/C20H22N2O3/c23-19(16-7-3-1-4-8-16)21-12-15-11-18(25-14-15)13-22-20(24)17-9-5-2-6-10-17/h1-10,15,18H,11-14H2,(H,21,23)(H,22,24)/t15-,18+/m1/s1. The van der Waals surface area contributed by atoms with E-state index in [-0.39, 0.29) is 23.8 Å². The van der Waals surface area contributed by atoms with E-state index in [0.29, 0.717) is 30.8 Å². The van der Waals surface area contributed by atoms with E-state index in [1.54, 1.807) is 24.3 Å². The van der Waals surface area contributed by atoms with Gasteiger partial charge in [0, 0.05) is 30.1 Å². The Balaban J connectivity index is 1.39. The first-order valence-electron chi connectivity index (χ1n) is 8.50. The third kappa shape index (κ3) is 4.90. The maximum atomic E-state index is 12.0. The van der Waals surface area contributed by atoms with Gasteiger partial charge >= 0.3 is 0 Å². The Kier molecular flexibility index (Phi) is 5.80. The molecule has 0 radical (unpaired) electrons. The maximum absolute atomic E-state index is 12.0. The second-order valence-corrected chi connectivity index (χ2v) is 6.21. The molecule has 1 heterocycles. The number of nitrogens with one attached hydrogen (secondary N) is 2. The van der Waals surface area contributed by atoms with E-state index in [4.69, 9.17) is 4.74 Å². The second kappa shape index (κ2) is 8.44. The molecule has 5 nitrogen and oxygen atoms in total. The lowest BCUT2D eigenvalue weighted by molar-refractivity contribution is 0.0843. The van der Waals surface area contributed by atoms with Crippen LogP contribution in [0.1, 0.15) is 27.1 Å². The van der Waals surface area contributed by atoms with Crippen molar-refractivity contribution in [1.29, 1.82) is 0 Å². The summed E-state index contributed by atoms with van der Waals surface area (Å²) in [7, 11) is 0. The molecule has 0 unspecified atom stereocenters. The monoisotopic (exact) mass is 338 g/mol. The molecule has 0 spiro atoms. The molecule has 130 valence electrons. The number of hydrogen-bond donors (Lipinski definition) is 2. The molecule has 1 aliphatic rings. The van der Waals surface area contributed by atoms with Gasteiger partial charge in [-0.15, -0.1) is 0 Å². The highest BCUT2D eigenvalue weighted by atomic mass is 16.5. The molecule has 2 N–H and O–H groups in total. The van der Waals surface area contributed by atoms with E-state index in [0.717, 1.165) is 6.42 Å². The summed E-state index contributed by atoms with van der Waals surface area (Å²) in [6.07, 6.45) is 0.815. The Morgan fingerprint density at radius 1 is 0.840 bits per heavy atom. The number of ether oxygens (including phenoxy) is 1. The van der Waals surface area contributed by atoms with Gasteiger partial charge in [-0.2, -0.15) is 0 Å². The summed E-state index contributed by atoms with van der Waals surface area (Å²) in [5.41, 5.74) is 1.31. The van der Waals surface area contributed by atoms with E-state index in [1.807, 2.05) is 36.4 Å². The third-order valence-corrected chi connectivity index (χ3v) is 4.28. The summed E-state index contributed by atoms with van der Waals surface area (Å²) in [6.45, 7) is 1.66. The van der Waals surface area contributed by atoms with Crippen LogP contribution in [0.3, 0.4) is 0 Å². The topological polar surface area (TPSA) is 67.4 Å². The quantitative estimate of drug-likeness (QED) is 0.849. The largest absolute Gasteiger partial charge is 0.376 e. The molecule has 2 atom stereocenters. The van der Waals surface area contributed by atoms with Crippen LogP contribution in [-0.4, -0.2) is 37.6 Å². The van der Waals surface area contributed by atoms with Crippen molar-refractivity contribution in [2.75, 3.05) is 19.7 Å². The van der Waals surface area contributed by atoms with Gasteiger partial charge in [-0.1, -0.05) is 36.4 Å². The minimum Gasteiger partial charge on any atom is -0.376 e. The summed E-state index contributed by atoms with van der Waals surface area (Å²) in [4.78, 5) is 24.1. The van der Waals surface area contributed by atoms with Gasteiger partial charge in [0.2, 0.25) is 0 Å². The van der Waals surface area contributed by atoms with Gasteiger partial charge in [-0.05, 0) is 30.7 Å². The molecule has 1 saturated heterocycles. The average Bonchev–Trinajstić information content (AvgIpc) is 3.13. The molecule has 2 amide bonds. The van der Waals surface area contributed by atoms with Crippen LogP contribution < -0.4 is 10.6 Å². The minimum atomic E-state index is -0.0926. The SMILES string of the molecule is O=C(NC[C@@H]1CO[C@H](CNC(=O)c2ccccc2)C1)c1ccccc1. The van der Waals surface area contributed by atoms with Crippen molar-refractivity contribution in [2.24, 2.45) is 5.92 Å². The van der Waals surface area contributed by atoms with Crippen LogP contribution in [0.2, 0.25) is 0 Å². The third-order valence-electron chi connectivity index (χ3n) is 4.28. The number of amides is 2. The molecule has 0 bridgehead atoms. The maximum Gasteiger partial charge on any atom is 0.251 e. The van der Waals surface area contributed by atoms with Crippen molar-refractivity contribution < 1.29 is 14.3 Å². The fraction of sp³-hybridized carbons (Fsp3) is 0.300. The summed E-state index contributed by atoms with van der Waals surface area (Å²) >= 11 is 0. The van der Waals surface area contributed by atoms with Crippen LogP contribution in [0.4, 0.5) is 0 Å². The van der Waals surface area contributed by atoms with Crippen LogP contribution in [0.5, 0.6) is 0 Å². The average molecular weight is 338 g/mol. The van der Waals surface area contributed by atoms with Crippen molar-refractivity contribution in [3.63, 3.8) is 0 Å². The molecule has 0 aromatic heterocycles. The molecule has 5 heteroatoms. The molecule has 2 aromatic rings. The van der Waals surface area contributed by atoms with Gasteiger partial charge in [0.05, 0.1) is 12.7 Å². The molecular weight excluding hydrogens is 316 g/mol. The molecule has 3 rings (SSSR count). The zero-order valence-electron chi connectivity index (χ0n) is 14.0. The van der Waals surface area contributed by atoms with Crippen molar-refractivity contribution in [1.82, 2.24) is 10.6 Å². The summed E-state index contributed by atoms with van der Waals surface area (Å²) in [6, 6.07) is 18.3. The number of hydrogen-bond acceptors (Lipinski definition) is 3. The van der Waals surface area contributed by atoms with Gasteiger partial charge in [0.15, 0.2) is 0 Å². The van der Waals surface area contributed by atoms with E-state index < -0.39 is 0 Å². The fourth-order valence-electron chi connectivity index (χ4n) is 2.89. The molecule has 1 aliphatic heterocycles. The summed E-state index contributed by atoms with van der Waals surface area (Å²) in [5, 5.41) is 5.85. The van der Waals surface area contributed by atoms with Crippen LogP contribution in [0, 0.1) is 5.92 Å². The van der Waals surface area contributed by atoms with Gasteiger partial charge in [0.25, 0.3) is 11.8 Å². The summed E-state index contributed by atoms with van der Waals surface area (Å²) in [5.74, 6) is 0.109. The lowest BCUT2D eigenvalue weighted by atomic mass is 10.1. The van der Waals surface area contributed by atoms with Crippen LogP contribution >= 0.6 is 0 Å². The van der Waals surface area contributed by atoms with Gasteiger partial charge < -0.3 is 15.4 Å². The van der Waals surface area contributed by atoms with Crippen LogP contribution in [0.25, 0.3) is 0 Å². The fourth-order valence-corrected chi connectivity index (χ4v) is 2.89. The zero-order valence-corrected chi connectivity index (χ0v) is 14.0. The molecule has 0 saturated carbocycles. The Hall–Kier alpha value is -2.66. The zero-order chi connectivity index (χ0) is 17.5. The van der Waals surface area contributed by atoms with E-state index in [2.05, 4.69) is 10.6 Å². The van der Waals surface area contributed by atoms with Gasteiger partial charge in [0.1, 0.15) is 0 Å². The lowest BCUT2D eigenvalue weighted by Gasteiger charge is -2.12. The van der Waals surface area contributed by atoms with E-state index in [9.17, 15) is 9.59 Å². The lowest BCUT2D eigenvalue weighted by Crippen LogP contribution is -2.32. The number of carbonyl (C=O) groups is 2. The van der Waals surface area contributed by atoms with Crippen LogP contribution in [0.15, 0.2) is 60.7 Å². The second-order valence-electron chi connectivity index (χ2n) is 6.21. The first-order valence-corrected chi connectivity index (χ1v) is 8.50. The predicted octanol–water partition coefficient (Wildman–Crippen LogP) is 2.25. The smallest absolute Gasteiger partial charge is 0.251 e. The van der Waals surface area contributed by atoms with Crippen molar-refractivity contribution in [3.8, 4) is 0 Å². The molecule has 1 fully saturated rings.